The van der Waals surface area contributed by atoms with Crippen LogP contribution in [0.4, 0.5) is 5.82 Å². The summed E-state index contributed by atoms with van der Waals surface area (Å²) in [5.74, 6) is 0.897. The van der Waals surface area contributed by atoms with Crippen LogP contribution in [0.1, 0.15) is 31.2 Å². The number of piperidine rings is 1. The number of likely N-dealkylation sites (tertiary alicyclic amines) is 1. The molecule has 3 rings (SSSR count). The van der Waals surface area contributed by atoms with Crippen molar-refractivity contribution >= 4 is 23.3 Å². The standard InChI is InChI=1S/C16H20ClN5O/c1-11(16(23)21-15-5-4-14(17)9-18-15)22-6-2-3-12(10-22)13-7-19-20-8-13/h4-5,7-9,11-12H,2-3,6,10H2,1H3,(H,19,20)(H,18,21,23). The summed E-state index contributed by atoms with van der Waals surface area (Å²) in [4.78, 5) is 18.8. The first-order valence-electron chi connectivity index (χ1n) is 7.78. The second-order valence-corrected chi connectivity index (χ2v) is 6.33. The normalized spacial score (nSPS) is 20.2. The van der Waals surface area contributed by atoms with Crippen LogP contribution in [-0.2, 0) is 4.79 Å². The third-order valence-electron chi connectivity index (χ3n) is 4.35. The van der Waals surface area contributed by atoms with Gasteiger partial charge in [0.25, 0.3) is 0 Å². The zero-order valence-electron chi connectivity index (χ0n) is 13.0. The van der Waals surface area contributed by atoms with Gasteiger partial charge in [0, 0.05) is 18.9 Å². The van der Waals surface area contributed by atoms with Crippen molar-refractivity contribution in [1.82, 2.24) is 20.1 Å². The van der Waals surface area contributed by atoms with E-state index in [4.69, 9.17) is 11.6 Å². The minimum Gasteiger partial charge on any atom is -0.309 e. The largest absolute Gasteiger partial charge is 0.309 e. The summed E-state index contributed by atoms with van der Waals surface area (Å²) >= 11 is 5.81. The summed E-state index contributed by atoms with van der Waals surface area (Å²) in [6.07, 6.45) is 7.54. The molecule has 1 saturated heterocycles. The van der Waals surface area contributed by atoms with E-state index in [1.807, 2.05) is 19.3 Å². The number of hydrogen-bond donors (Lipinski definition) is 2. The van der Waals surface area contributed by atoms with Gasteiger partial charge in [0.15, 0.2) is 0 Å². The minimum absolute atomic E-state index is 0.0485. The molecule has 0 saturated carbocycles. The van der Waals surface area contributed by atoms with Crippen molar-refractivity contribution in [3.8, 4) is 0 Å². The molecule has 0 spiro atoms. The monoisotopic (exact) mass is 333 g/mol. The molecule has 2 atom stereocenters. The third-order valence-corrected chi connectivity index (χ3v) is 4.57. The number of pyridine rings is 1. The predicted molar refractivity (Wildman–Crippen MR) is 89.5 cm³/mol. The maximum absolute atomic E-state index is 12.4. The van der Waals surface area contributed by atoms with E-state index in [1.54, 1.807) is 12.1 Å². The van der Waals surface area contributed by atoms with Gasteiger partial charge < -0.3 is 5.32 Å². The highest BCUT2D eigenvalue weighted by atomic mass is 35.5. The SMILES string of the molecule is CC(C(=O)Nc1ccc(Cl)cn1)N1CCCC(c2cn[nH]c2)C1. The molecule has 0 bridgehead atoms. The molecule has 1 amide bonds. The molecular formula is C16H20ClN5O. The smallest absolute Gasteiger partial charge is 0.242 e. The second kappa shape index (κ2) is 7.10. The van der Waals surface area contributed by atoms with Gasteiger partial charge >= 0.3 is 0 Å². The summed E-state index contributed by atoms with van der Waals surface area (Å²) in [6.45, 7) is 3.72. The fourth-order valence-corrected chi connectivity index (χ4v) is 3.07. The van der Waals surface area contributed by atoms with E-state index in [2.05, 4.69) is 25.4 Å². The summed E-state index contributed by atoms with van der Waals surface area (Å²) in [5, 5.41) is 10.3. The quantitative estimate of drug-likeness (QED) is 0.902. The summed E-state index contributed by atoms with van der Waals surface area (Å²) in [5.41, 5.74) is 1.21. The fourth-order valence-electron chi connectivity index (χ4n) is 2.96. The fraction of sp³-hybridized carbons (Fsp3) is 0.438. The molecule has 2 aromatic heterocycles. The van der Waals surface area contributed by atoms with Crippen LogP contribution in [0.5, 0.6) is 0 Å². The number of carbonyl (C=O) groups excluding carboxylic acids is 1. The van der Waals surface area contributed by atoms with E-state index in [9.17, 15) is 4.79 Å². The number of rotatable bonds is 4. The van der Waals surface area contributed by atoms with Gasteiger partial charge in [0.2, 0.25) is 5.91 Å². The van der Waals surface area contributed by atoms with E-state index in [0.29, 0.717) is 16.8 Å². The van der Waals surface area contributed by atoms with Crippen LogP contribution in [0.15, 0.2) is 30.7 Å². The summed E-state index contributed by atoms with van der Waals surface area (Å²) in [6, 6.07) is 3.21. The Morgan fingerprint density at radius 3 is 3.04 bits per heavy atom. The first-order valence-corrected chi connectivity index (χ1v) is 8.16. The van der Waals surface area contributed by atoms with Crippen molar-refractivity contribution in [1.29, 1.82) is 0 Å². The molecule has 1 fully saturated rings. The summed E-state index contributed by atoms with van der Waals surface area (Å²) < 4.78 is 0. The average Bonchev–Trinajstić information content (AvgIpc) is 3.11. The highest BCUT2D eigenvalue weighted by Gasteiger charge is 2.28. The molecule has 1 aliphatic heterocycles. The Kier molecular flexibility index (Phi) is 4.93. The Balaban J connectivity index is 1.61. The topological polar surface area (TPSA) is 73.9 Å². The van der Waals surface area contributed by atoms with Gasteiger partial charge in [-0.1, -0.05) is 11.6 Å². The number of aromatic nitrogens is 3. The third kappa shape index (κ3) is 3.89. The number of nitrogens with zero attached hydrogens (tertiary/aromatic N) is 3. The zero-order chi connectivity index (χ0) is 16.2. The highest BCUT2D eigenvalue weighted by Crippen LogP contribution is 2.27. The van der Waals surface area contributed by atoms with E-state index in [1.165, 1.54) is 11.8 Å². The lowest BCUT2D eigenvalue weighted by atomic mass is 9.92. The van der Waals surface area contributed by atoms with Crippen LogP contribution < -0.4 is 5.32 Å². The van der Waals surface area contributed by atoms with Crippen molar-refractivity contribution in [2.75, 3.05) is 18.4 Å². The number of aromatic amines is 1. The molecule has 1 aliphatic rings. The van der Waals surface area contributed by atoms with Gasteiger partial charge in [-0.2, -0.15) is 5.10 Å². The minimum atomic E-state index is -0.206. The van der Waals surface area contributed by atoms with Gasteiger partial charge in [-0.05, 0) is 49.9 Å². The molecule has 6 nitrogen and oxygen atoms in total. The van der Waals surface area contributed by atoms with Crippen LogP contribution in [0.2, 0.25) is 5.02 Å². The Labute approximate surface area is 140 Å². The van der Waals surface area contributed by atoms with Crippen LogP contribution in [-0.4, -0.2) is 45.1 Å². The van der Waals surface area contributed by atoms with E-state index in [0.717, 1.165) is 25.9 Å². The Morgan fingerprint density at radius 1 is 1.48 bits per heavy atom. The lowest BCUT2D eigenvalue weighted by Crippen LogP contribution is -2.46. The molecule has 2 N–H and O–H groups in total. The molecule has 0 aliphatic carbocycles. The Hall–Kier alpha value is -1.92. The summed E-state index contributed by atoms with van der Waals surface area (Å²) in [7, 11) is 0. The molecule has 2 unspecified atom stereocenters. The maximum atomic E-state index is 12.4. The maximum Gasteiger partial charge on any atom is 0.242 e. The first kappa shape index (κ1) is 16.0. The van der Waals surface area contributed by atoms with Crippen molar-refractivity contribution in [2.45, 2.75) is 31.7 Å². The van der Waals surface area contributed by atoms with Crippen molar-refractivity contribution in [3.05, 3.63) is 41.3 Å². The van der Waals surface area contributed by atoms with Crippen molar-refractivity contribution in [3.63, 3.8) is 0 Å². The number of H-pyrrole nitrogens is 1. The number of carbonyl (C=O) groups is 1. The number of hydrogen-bond acceptors (Lipinski definition) is 4. The molecule has 2 aromatic rings. The van der Waals surface area contributed by atoms with Gasteiger partial charge in [0.1, 0.15) is 5.82 Å². The highest BCUT2D eigenvalue weighted by molar-refractivity contribution is 6.30. The van der Waals surface area contributed by atoms with Crippen molar-refractivity contribution < 1.29 is 4.79 Å². The molecule has 122 valence electrons. The second-order valence-electron chi connectivity index (χ2n) is 5.89. The number of anilines is 1. The molecule has 7 heteroatoms. The van der Waals surface area contributed by atoms with Gasteiger partial charge in [-0.15, -0.1) is 0 Å². The van der Waals surface area contributed by atoms with E-state index >= 15 is 0 Å². The van der Waals surface area contributed by atoms with Crippen LogP contribution in [0, 0.1) is 0 Å². The van der Waals surface area contributed by atoms with Gasteiger partial charge in [-0.25, -0.2) is 4.98 Å². The first-order chi connectivity index (χ1) is 11.1. The van der Waals surface area contributed by atoms with Crippen LogP contribution >= 0.6 is 11.6 Å². The zero-order valence-corrected chi connectivity index (χ0v) is 13.8. The molecule has 23 heavy (non-hydrogen) atoms. The molecule has 3 heterocycles. The van der Waals surface area contributed by atoms with Gasteiger partial charge in [0.05, 0.1) is 17.3 Å². The van der Waals surface area contributed by atoms with Gasteiger partial charge in [-0.3, -0.25) is 14.8 Å². The Morgan fingerprint density at radius 2 is 2.35 bits per heavy atom. The lowest BCUT2D eigenvalue weighted by molar-refractivity contribution is -0.121. The Bertz CT molecular complexity index is 643. The molecular weight excluding hydrogens is 314 g/mol. The number of nitrogens with one attached hydrogen (secondary N) is 2. The van der Waals surface area contributed by atoms with E-state index < -0.39 is 0 Å². The number of halogens is 1. The van der Waals surface area contributed by atoms with Crippen LogP contribution in [0.25, 0.3) is 0 Å². The number of amides is 1. The van der Waals surface area contributed by atoms with Crippen molar-refractivity contribution in [2.24, 2.45) is 0 Å². The predicted octanol–water partition coefficient (Wildman–Crippen LogP) is 2.66. The van der Waals surface area contributed by atoms with Crippen LogP contribution in [0.3, 0.4) is 0 Å². The van der Waals surface area contributed by atoms with E-state index in [-0.39, 0.29) is 11.9 Å². The molecule has 0 aromatic carbocycles. The molecule has 0 radical (unpaired) electrons. The average molecular weight is 334 g/mol. The lowest BCUT2D eigenvalue weighted by Gasteiger charge is -2.35.